The Bertz CT molecular complexity index is 354. The van der Waals surface area contributed by atoms with E-state index in [2.05, 4.69) is 5.32 Å². The molecule has 1 atom stereocenters. The van der Waals surface area contributed by atoms with E-state index in [1.165, 1.54) is 0 Å². The molecule has 0 aromatic carbocycles. The Kier molecular flexibility index (Phi) is 5.39. The normalized spacial score (nSPS) is 21.9. The van der Waals surface area contributed by atoms with Crippen LogP contribution in [0, 0.1) is 0 Å². The molecular formula is C11H22N2O3S. The Morgan fingerprint density at radius 3 is 2.71 bits per heavy atom. The number of likely N-dealkylation sites (N-methyl/N-ethyl adjacent to an activating group) is 1. The number of nitrogens with zero attached hydrogens (tertiary/aromatic N) is 1. The summed E-state index contributed by atoms with van der Waals surface area (Å²) in [5.74, 6) is 0.619. The maximum absolute atomic E-state index is 11.5. The van der Waals surface area contributed by atoms with Gasteiger partial charge >= 0.3 is 0 Å². The maximum Gasteiger partial charge on any atom is 0.222 e. The second-order valence-electron chi connectivity index (χ2n) is 4.62. The third-order valence-corrected chi connectivity index (χ3v) is 4.84. The van der Waals surface area contributed by atoms with Gasteiger partial charge in [-0.15, -0.1) is 0 Å². The highest BCUT2D eigenvalue weighted by molar-refractivity contribution is 7.91. The Morgan fingerprint density at radius 1 is 1.41 bits per heavy atom. The van der Waals surface area contributed by atoms with Gasteiger partial charge in [-0.3, -0.25) is 4.79 Å². The molecule has 0 spiro atoms. The van der Waals surface area contributed by atoms with Crippen molar-refractivity contribution in [2.45, 2.75) is 32.2 Å². The molecule has 0 saturated carbocycles. The quantitative estimate of drug-likeness (QED) is 0.733. The molecule has 0 aromatic heterocycles. The minimum atomic E-state index is -2.90. The summed E-state index contributed by atoms with van der Waals surface area (Å²) in [6.07, 6.45) is 2.02. The molecule has 0 radical (unpaired) electrons. The van der Waals surface area contributed by atoms with Crippen LogP contribution in [0.4, 0.5) is 0 Å². The van der Waals surface area contributed by atoms with Crippen LogP contribution in [0.3, 0.4) is 0 Å². The molecule has 0 aromatic rings. The molecule has 1 N–H and O–H groups in total. The van der Waals surface area contributed by atoms with Crippen molar-refractivity contribution >= 4 is 15.7 Å². The van der Waals surface area contributed by atoms with E-state index in [1.807, 2.05) is 6.92 Å². The van der Waals surface area contributed by atoms with Crippen LogP contribution in [0.5, 0.6) is 0 Å². The molecule has 1 fully saturated rings. The van der Waals surface area contributed by atoms with Gasteiger partial charge in [-0.05, 0) is 12.8 Å². The van der Waals surface area contributed by atoms with Crippen molar-refractivity contribution in [3.05, 3.63) is 0 Å². The first-order valence-corrected chi connectivity index (χ1v) is 7.94. The zero-order valence-electron chi connectivity index (χ0n) is 10.6. The number of hydrogen-bond donors (Lipinski definition) is 1. The number of carbonyl (C=O) groups excluding carboxylic acids is 1. The number of sulfone groups is 1. The van der Waals surface area contributed by atoms with Crippen molar-refractivity contribution in [2.24, 2.45) is 0 Å². The monoisotopic (exact) mass is 262 g/mol. The van der Waals surface area contributed by atoms with Gasteiger partial charge in [0.2, 0.25) is 5.91 Å². The SMILES string of the molecule is CCCS(=O)(=O)CCNC1CCC(=O)N(C)C1. The lowest BCUT2D eigenvalue weighted by Crippen LogP contribution is -2.47. The van der Waals surface area contributed by atoms with Crippen LogP contribution in [0.25, 0.3) is 0 Å². The molecule has 1 amide bonds. The average molecular weight is 262 g/mol. The minimum absolute atomic E-state index is 0.168. The zero-order valence-corrected chi connectivity index (χ0v) is 11.4. The lowest BCUT2D eigenvalue weighted by molar-refractivity contribution is -0.132. The standard InChI is InChI=1S/C11H22N2O3S/c1-3-7-17(15,16)8-6-12-10-4-5-11(14)13(2)9-10/h10,12H,3-9H2,1-2H3. The third kappa shape index (κ3) is 5.04. The number of rotatable bonds is 6. The van der Waals surface area contributed by atoms with Gasteiger partial charge in [0.25, 0.3) is 0 Å². The van der Waals surface area contributed by atoms with E-state index in [0.717, 1.165) is 6.42 Å². The molecular weight excluding hydrogens is 240 g/mol. The van der Waals surface area contributed by atoms with Crippen molar-refractivity contribution in [3.8, 4) is 0 Å². The fraction of sp³-hybridized carbons (Fsp3) is 0.909. The van der Waals surface area contributed by atoms with Crippen molar-refractivity contribution < 1.29 is 13.2 Å². The highest BCUT2D eigenvalue weighted by Crippen LogP contribution is 2.09. The second-order valence-corrected chi connectivity index (χ2v) is 6.92. The van der Waals surface area contributed by atoms with E-state index in [0.29, 0.717) is 25.9 Å². The van der Waals surface area contributed by atoms with Crippen LogP contribution in [0.15, 0.2) is 0 Å². The number of piperidine rings is 1. The van der Waals surface area contributed by atoms with E-state index >= 15 is 0 Å². The molecule has 100 valence electrons. The van der Waals surface area contributed by atoms with Crippen LogP contribution < -0.4 is 5.32 Å². The molecule has 1 unspecified atom stereocenters. The van der Waals surface area contributed by atoms with Crippen LogP contribution in [0.1, 0.15) is 26.2 Å². The first-order chi connectivity index (χ1) is 7.94. The fourth-order valence-corrected chi connectivity index (χ4v) is 3.27. The lowest BCUT2D eigenvalue weighted by Gasteiger charge is -2.30. The number of amides is 1. The van der Waals surface area contributed by atoms with E-state index in [1.54, 1.807) is 11.9 Å². The summed E-state index contributed by atoms with van der Waals surface area (Å²) in [7, 11) is -1.12. The van der Waals surface area contributed by atoms with Gasteiger partial charge < -0.3 is 10.2 Å². The van der Waals surface area contributed by atoms with Gasteiger partial charge in [0.15, 0.2) is 9.84 Å². The van der Waals surface area contributed by atoms with E-state index in [9.17, 15) is 13.2 Å². The summed E-state index contributed by atoms with van der Waals surface area (Å²) in [4.78, 5) is 13.0. The van der Waals surface area contributed by atoms with Crippen molar-refractivity contribution in [1.29, 1.82) is 0 Å². The number of nitrogens with one attached hydrogen (secondary N) is 1. The second kappa shape index (κ2) is 6.35. The van der Waals surface area contributed by atoms with Gasteiger partial charge in [-0.2, -0.15) is 0 Å². The molecule has 1 heterocycles. The summed E-state index contributed by atoms with van der Waals surface area (Å²) < 4.78 is 23.0. The Hall–Kier alpha value is -0.620. The first kappa shape index (κ1) is 14.4. The number of hydrogen-bond acceptors (Lipinski definition) is 4. The van der Waals surface area contributed by atoms with Gasteiger partial charge in [0.1, 0.15) is 0 Å². The summed E-state index contributed by atoms with van der Waals surface area (Å²) in [5, 5.41) is 3.21. The van der Waals surface area contributed by atoms with Gasteiger partial charge in [-0.1, -0.05) is 6.92 Å². The predicted molar refractivity (Wildman–Crippen MR) is 67.6 cm³/mol. The highest BCUT2D eigenvalue weighted by Gasteiger charge is 2.22. The topological polar surface area (TPSA) is 66.5 Å². The minimum Gasteiger partial charge on any atom is -0.344 e. The Morgan fingerprint density at radius 2 is 2.12 bits per heavy atom. The molecule has 17 heavy (non-hydrogen) atoms. The van der Waals surface area contributed by atoms with Crippen LogP contribution in [-0.4, -0.2) is 56.9 Å². The summed E-state index contributed by atoms with van der Waals surface area (Å²) in [5.41, 5.74) is 0. The average Bonchev–Trinajstić information content (AvgIpc) is 2.23. The Balaban J connectivity index is 2.26. The van der Waals surface area contributed by atoms with Crippen molar-refractivity contribution in [2.75, 3.05) is 31.6 Å². The van der Waals surface area contributed by atoms with Crippen molar-refractivity contribution in [3.63, 3.8) is 0 Å². The van der Waals surface area contributed by atoms with Crippen molar-refractivity contribution in [1.82, 2.24) is 10.2 Å². The Labute approximate surface area is 103 Å². The van der Waals surface area contributed by atoms with Gasteiger partial charge in [-0.25, -0.2) is 8.42 Å². The molecule has 1 saturated heterocycles. The molecule has 0 aliphatic carbocycles. The largest absolute Gasteiger partial charge is 0.344 e. The number of carbonyl (C=O) groups is 1. The van der Waals surface area contributed by atoms with Gasteiger partial charge in [0.05, 0.1) is 5.75 Å². The molecule has 1 aliphatic rings. The summed E-state index contributed by atoms with van der Waals surface area (Å²) in [6.45, 7) is 3.02. The van der Waals surface area contributed by atoms with Crippen LogP contribution in [-0.2, 0) is 14.6 Å². The lowest BCUT2D eigenvalue weighted by atomic mass is 10.1. The summed E-state index contributed by atoms with van der Waals surface area (Å²) >= 11 is 0. The van der Waals surface area contributed by atoms with E-state index in [-0.39, 0.29) is 23.5 Å². The summed E-state index contributed by atoms with van der Waals surface area (Å²) in [6, 6.07) is 0.231. The molecule has 5 nitrogen and oxygen atoms in total. The fourth-order valence-electron chi connectivity index (χ4n) is 2.01. The van der Waals surface area contributed by atoms with E-state index in [4.69, 9.17) is 0 Å². The smallest absolute Gasteiger partial charge is 0.222 e. The number of likely N-dealkylation sites (tertiary alicyclic amines) is 1. The molecule has 1 aliphatic heterocycles. The predicted octanol–water partition coefficient (Wildman–Crippen LogP) is 0.0216. The molecule has 1 rings (SSSR count). The van der Waals surface area contributed by atoms with Crippen LogP contribution >= 0.6 is 0 Å². The third-order valence-electron chi connectivity index (χ3n) is 2.99. The van der Waals surface area contributed by atoms with Crippen LogP contribution in [0.2, 0.25) is 0 Å². The van der Waals surface area contributed by atoms with E-state index < -0.39 is 9.84 Å². The molecule has 0 bridgehead atoms. The first-order valence-electron chi connectivity index (χ1n) is 6.12. The zero-order chi connectivity index (χ0) is 12.9. The highest BCUT2D eigenvalue weighted by atomic mass is 32.2. The molecule has 6 heteroatoms. The maximum atomic E-state index is 11.5. The van der Waals surface area contributed by atoms with Gasteiger partial charge in [0, 0.05) is 38.4 Å².